The van der Waals surface area contributed by atoms with E-state index < -0.39 is 0 Å². The highest BCUT2D eigenvalue weighted by Gasteiger charge is 2.50. The predicted molar refractivity (Wildman–Crippen MR) is 52.9 cm³/mol. The van der Waals surface area contributed by atoms with Crippen molar-refractivity contribution in [1.29, 1.82) is 0 Å². The molecule has 0 spiro atoms. The SMILES string of the molecule is CC(C)CSC1(CN)CC1C. The highest BCUT2D eigenvalue weighted by atomic mass is 32.2. The number of hydrogen-bond donors (Lipinski definition) is 1. The molecule has 11 heavy (non-hydrogen) atoms. The van der Waals surface area contributed by atoms with Crippen LogP contribution in [0.2, 0.25) is 0 Å². The smallest absolute Gasteiger partial charge is 0.0311 e. The predicted octanol–water partition coefficient (Wildman–Crippen LogP) is 2.11. The fraction of sp³-hybridized carbons (Fsp3) is 1.00. The molecule has 1 aliphatic rings. The van der Waals surface area contributed by atoms with Crippen LogP contribution in [0.4, 0.5) is 0 Å². The zero-order valence-corrected chi connectivity index (χ0v) is 8.58. The Morgan fingerprint density at radius 1 is 1.64 bits per heavy atom. The summed E-state index contributed by atoms with van der Waals surface area (Å²) in [6.45, 7) is 7.71. The molecule has 2 heteroatoms. The average molecular weight is 173 g/mol. The molecule has 66 valence electrons. The summed E-state index contributed by atoms with van der Waals surface area (Å²) < 4.78 is 0.476. The van der Waals surface area contributed by atoms with E-state index in [1.54, 1.807) is 0 Å². The maximum Gasteiger partial charge on any atom is 0.0311 e. The summed E-state index contributed by atoms with van der Waals surface area (Å²) in [5, 5.41) is 0. The summed E-state index contributed by atoms with van der Waals surface area (Å²) in [6, 6.07) is 0. The van der Waals surface area contributed by atoms with Crippen LogP contribution in [0.1, 0.15) is 27.2 Å². The molecule has 1 aliphatic carbocycles. The third kappa shape index (κ3) is 2.12. The standard InChI is InChI=1S/C9H19NS/c1-7(2)5-11-9(6-10)4-8(9)3/h7-8H,4-6,10H2,1-3H3. The second-order valence-corrected chi connectivity index (χ2v) is 5.51. The summed E-state index contributed by atoms with van der Waals surface area (Å²) >= 11 is 2.08. The van der Waals surface area contributed by atoms with Crippen LogP contribution in [0.3, 0.4) is 0 Å². The van der Waals surface area contributed by atoms with Gasteiger partial charge in [-0.05, 0) is 24.0 Å². The van der Waals surface area contributed by atoms with Crippen LogP contribution in [0, 0.1) is 11.8 Å². The molecule has 0 amide bonds. The fourth-order valence-electron chi connectivity index (χ4n) is 1.34. The van der Waals surface area contributed by atoms with Crippen molar-refractivity contribution in [3.8, 4) is 0 Å². The van der Waals surface area contributed by atoms with Gasteiger partial charge in [-0.15, -0.1) is 0 Å². The van der Waals surface area contributed by atoms with Crippen LogP contribution < -0.4 is 5.73 Å². The fourth-order valence-corrected chi connectivity index (χ4v) is 2.77. The van der Waals surface area contributed by atoms with Gasteiger partial charge in [-0.25, -0.2) is 0 Å². The molecule has 2 N–H and O–H groups in total. The Labute approximate surface area is 74.1 Å². The van der Waals surface area contributed by atoms with Crippen LogP contribution in [0.25, 0.3) is 0 Å². The molecule has 0 aromatic heterocycles. The van der Waals surface area contributed by atoms with Crippen LogP contribution in [-0.4, -0.2) is 17.0 Å². The van der Waals surface area contributed by atoms with E-state index >= 15 is 0 Å². The lowest BCUT2D eigenvalue weighted by molar-refractivity contribution is 0.737. The molecule has 1 rings (SSSR count). The second-order valence-electron chi connectivity index (χ2n) is 4.08. The quantitative estimate of drug-likeness (QED) is 0.704. The topological polar surface area (TPSA) is 26.0 Å². The number of nitrogens with two attached hydrogens (primary N) is 1. The maximum absolute atomic E-state index is 5.72. The van der Waals surface area contributed by atoms with Gasteiger partial charge in [-0.1, -0.05) is 20.8 Å². The molecule has 1 fully saturated rings. The minimum atomic E-state index is 0.476. The first-order chi connectivity index (χ1) is 5.10. The Morgan fingerprint density at radius 2 is 2.18 bits per heavy atom. The average Bonchev–Trinajstić information content (AvgIpc) is 2.59. The zero-order valence-electron chi connectivity index (χ0n) is 7.76. The molecular formula is C9H19NS. The Morgan fingerprint density at radius 3 is 2.45 bits per heavy atom. The number of thioether (sulfide) groups is 1. The molecule has 2 atom stereocenters. The summed E-state index contributed by atoms with van der Waals surface area (Å²) in [5.41, 5.74) is 5.72. The number of hydrogen-bond acceptors (Lipinski definition) is 2. The van der Waals surface area contributed by atoms with Crippen molar-refractivity contribution in [2.45, 2.75) is 31.9 Å². The summed E-state index contributed by atoms with van der Waals surface area (Å²) in [7, 11) is 0. The molecule has 0 aromatic rings. The zero-order chi connectivity index (χ0) is 8.48. The third-order valence-corrected chi connectivity index (χ3v) is 4.58. The van der Waals surface area contributed by atoms with E-state index in [1.165, 1.54) is 12.2 Å². The normalized spacial score (nSPS) is 36.3. The number of rotatable bonds is 4. The lowest BCUT2D eigenvalue weighted by Gasteiger charge is -2.14. The van der Waals surface area contributed by atoms with Gasteiger partial charge in [0.15, 0.2) is 0 Å². The van der Waals surface area contributed by atoms with Gasteiger partial charge in [0.25, 0.3) is 0 Å². The van der Waals surface area contributed by atoms with Gasteiger partial charge in [-0.3, -0.25) is 0 Å². The van der Waals surface area contributed by atoms with Crippen molar-refractivity contribution >= 4 is 11.8 Å². The van der Waals surface area contributed by atoms with E-state index in [2.05, 4.69) is 32.5 Å². The molecule has 0 bridgehead atoms. The van der Waals surface area contributed by atoms with Crippen molar-refractivity contribution in [1.82, 2.24) is 0 Å². The van der Waals surface area contributed by atoms with Gasteiger partial charge in [0.2, 0.25) is 0 Å². The summed E-state index contributed by atoms with van der Waals surface area (Å²) in [5.74, 6) is 2.93. The second kappa shape index (κ2) is 3.36. The van der Waals surface area contributed by atoms with Crippen LogP contribution >= 0.6 is 11.8 Å². The largest absolute Gasteiger partial charge is 0.329 e. The lowest BCUT2D eigenvalue weighted by atomic mass is 10.3. The van der Waals surface area contributed by atoms with Crippen LogP contribution in [0.15, 0.2) is 0 Å². The molecular weight excluding hydrogens is 154 g/mol. The Kier molecular flexibility index (Phi) is 2.87. The molecule has 0 heterocycles. The first-order valence-electron chi connectivity index (χ1n) is 4.45. The highest BCUT2D eigenvalue weighted by molar-refractivity contribution is 8.01. The molecule has 1 nitrogen and oxygen atoms in total. The van der Waals surface area contributed by atoms with Gasteiger partial charge in [0.05, 0.1) is 0 Å². The van der Waals surface area contributed by atoms with Gasteiger partial charge in [-0.2, -0.15) is 11.8 Å². The molecule has 0 saturated heterocycles. The van der Waals surface area contributed by atoms with E-state index in [0.29, 0.717) is 4.75 Å². The molecule has 0 aliphatic heterocycles. The van der Waals surface area contributed by atoms with E-state index in [4.69, 9.17) is 5.73 Å². The summed E-state index contributed by atoms with van der Waals surface area (Å²) in [4.78, 5) is 0. The minimum Gasteiger partial charge on any atom is -0.329 e. The van der Waals surface area contributed by atoms with Gasteiger partial charge in [0, 0.05) is 11.3 Å². The van der Waals surface area contributed by atoms with Crippen LogP contribution in [0.5, 0.6) is 0 Å². The Balaban J connectivity index is 2.24. The van der Waals surface area contributed by atoms with Gasteiger partial charge in [0.1, 0.15) is 0 Å². The van der Waals surface area contributed by atoms with Crippen LogP contribution in [-0.2, 0) is 0 Å². The van der Waals surface area contributed by atoms with Crippen molar-refractivity contribution in [3.63, 3.8) is 0 Å². The van der Waals surface area contributed by atoms with E-state index in [0.717, 1.165) is 18.4 Å². The molecule has 0 radical (unpaired) electrons. The first-order valence-corrected chi connectivity index (χ1v) is 5.43. The maximum atomic E-state index is 5.72. The molecule has 2 unspecified atom stereocenters. The van der Waals surface area contributed by atoms with Crippen molar-refractivity contribution in [3.05, 3.63) is 0 Å². The summed E-state index contributed by atoms with van der Waals surface area (Å²) in [6.07, 6.45) is 1.33. The third-order valence-electron chi connectivity index (χ3n) is 2.44. The van der Waals surface area contributed by atoms with Crippen molar-refractivity contribution in [2.75, 3.05) is 12.3 Å². The van der Waals surface area contributed by atoms with Gasteiger partial charge < -0.3 is 5.73 Å². The monoisotopic (exact) mass is 173 g/mol. The van der Waals surface area contributed by atoms with E-state index in [-0.39, 0.29) is 0 Å². The van der Waals surface area contributed by atoms with E-state index in [9.17, 15) is 0 Å². The molecule has 1 saturated carbocycles. The lowest BCUT2D eigenvalue weighted by Crippen LogP contribution is -2.21. The first kappa shape index (κ1) is 9.40. The Bertz CT molecular complexity index is 132. The molecule has 0 aromatic carbocycles. The van der Waals surface area contributed by atoms with Crippen molar-refractivity contribution < 1.29 is 0 Å². The van der Waals surface area contributed by atoms with Crippen molar-refractivity contribution in [2.24, 2.45) is 17.6 Å². The van der Waals surface area contributed by atoms with Gasteiger partial charge >= 0.3 is 0 Å². The Hall–Kier alpha value is 0.310. The van der Waals surface area contributed by atoms with E-state index in [1.807, 2.05) is 0 Å². The highest BCUT2D eigenvalue weighted by Crippen LogP contribution is 2.53. The minimum absolute atomic E-state index is 0.476.